The van der Waals surface area contributed by atoms with Crippen LogP contribution >= 0.6 is 23.2 Å². The van der Waals surface area contributed by atoms with Gasteiger partial charge in [0.2, 0.25) is 11.8 Å². The molecule has 1 fully saturated rings. The number of benzene rings is 1. The number of amides is 2. The Balaban J connectivity index is 2.12. The van der Waals surface area contributed by atoms with Gasteiger partial charge in [0, 0.05) is 13.1 Å². The molecule has 1 heterocycles. The number of nitrogens with one attached hydrogen (secondary N) is 1. The molecule has 1 aliphatic rings. The molecule has 0 saturated carbocycles. The molecule has 1 saturated heterocycles. The minimum Gasteiger partial charge on any atom is -0.378 e. The highest BCUT2D eigenvalue weighted by molar-refractivity contribution is 6.44. The second-order valence-electron chi connectivity index (χ2n) is 5.59. The van der Waals surface area contributed by atoms with Crippen LogP contribution in [0.3, 0.4) is 0 Å². The topological polar surface area (TPSA) is 58.6 Å². The molecule has 0 aromatic heterocycles. The van der Waals surface area contributed by atoms with E-state index in [0.717, 1.165) is 0 Å². The van der Waals surface area contributed by atoms with Gasteiger partial charge in [0.05, 0.1) is 28.9 Å². The van der Waals surface area contributed by atoms with Gasteiger partial charge < -0.3 is 15.0 Å². The molecule has 0 radical (unpaired) electrons. The third-order valence-corrected chi connectivity index (χ3v) is 4.42. The van der Waals surface area contributed by atoms with Crippen molar-refractivity contribution < 1.29 is 14.3 Å². The van der Waals surface area contributed by atoms with E-state index in [1.165, 1.54) is 0 Å². The normalized spacial score (nSPS) is 15.5. The Hall–Kier alpha value is -1.30. The maximum atomic E-state index is 12.6. The van der Waals surface area contributed by atoms with Crippen molar-refractivity contribution in [2.45, 2.75) is 13.8 Å². The number of ether oxygens (including phenoxy) is 1. The first-order chi connectivity index (χ1) is 10.3. The number of nitrogens with zero attached hydrogens (tertiary/aromatic N) is 1. The molecule has 1 N–H and O–H groups in total. The summed E-state index contributed by atoms with van der Waals surface area (Å²) in [6.45, 7) is 5.16. The van der Waals surface area contributed by atoms with E-state index in [4.69, 9.17) is 27.9 Å². The lowest BCUT2D eigenvalue weighted by molar-refractivity contribution is -0.149. The van der Waals surface area contributed by atoms with Gasteiger partial charge in [-0.2, -0.15) is 0 Å². The predicted molar refractivity (Wildman–Crippen MR) is 86.3 cm³/mol. The van der Waals surface area contributed by atoms with Crippen LogP contribution in [0.25, 0.3) is 0 Å². The summed E-state index contributed by atoms with van der Waals surface area (Å²) >= 11 is 12.0. The zero-order valence-electron chi connectivity index (χ0n) is 12.5. The Morgan fingerprint density at radius 1 is 1.23 bits per heavy atom. The van der Waals surface area contributed by atoms with Crippen LogP contribution in [0.2, 0.25) is 10.0 Å². The predicted octanol–water partition coefficient (Wildman–Crippen LogP) is 2.82. The molecule has 1 aromatic rings. The molecular formula is C15H18Cl2N2O3. The summed E-state index contributed by atoms with van der Waals surface area (Å²) in [7, 11) is 0. The lowest BCUT2D eigenvalue weighted by atomic mass is 9.90. The summed E-state index contributed by atoms with van der Waals surface area (Å²) in [5, 5.41) is 3.28. The van der Waals surface area contributed by atoms with Crippen LogP contribution in [0.5, 0.6) is 0 Å². The van der Waals surface area contributed by atoms with Gasteiger partial charge >= 0.3 is 0 Å². The summed E-state index contributed by atoms with van der Waals surface area (Å²) in [4.78, 5) is 26.7. The first-order valence-corrected chi connectivity index (χ1v) is 7.72. The number of carbonyl (C=O) groups is 2. The van der Waals surface area contributed by atoms with Crippen molar-refractivity contribution in [2.75, 3.05) is 31.6 Å². The number of anilines is 1. The molecule has 0 atom stereocenters. The SMILES string of the molecule is CC(C)(C(=O)Nc1cccc(Cl)c1Cl)C(=O)N1CCOCC1. The smallest absolute Gasteiger partial charge is 0.239 e. The largest absolute Gasteiger partial charge is 0.378 e. The van der Waals surface area contributed by atoms with E-state index in [-0.39, 0.29) is 10.9 Å². The molecule has 7 heteroatoms. The van der Waals surface area contributed by atoms with E-state index in [9.17, 15) is 9.59 Å². The number of hydrogen-bond acceptors (Lipinski definition) is 3. The summed E-state index contributed by atoms with van der Waals surface area (Å²) in [5.74, 6) is -0.653. The molecule has 120 valence electrons. The van der Waals surface area contributed by atoms with Crippen molar-refractivity contribution in [3.8, 4) is 0 Å². The number of hydrogen-bond donors (Lipinski definition) is 1. The van der Waals surface area contributed by atoms with Gasteiger partial charge in [-0.05, 0) is 26.0 Å². The molecule has 22 heavy (non-hydrogen) atoms. The zero-order valence-corrected chi connectivity index (χ0v) is 14.0. The lowest BCUT2D eigenvalue weighted by Gasteiger charge is -2.33. The third kappa shape index (κ3) is 3.54. The van der Waals surface area contributed by atoms with Crippen molar-refractivity contribution >= 4 is 40.7 Å². The maximum absolute atomic E-state index is 12.6. The van der Waals surface area contributed by atoms with E-state index in [1.54, 1.807) is 36.9 Å². The lowest BCUT2D eigenvalue weighted by Crippen LogP contribution is -2.51. The highest BCUT2D eigenvalue weighted by atomic mass is 35.5. The molecule has 2 amide bonds. The fraction of sp³-hybridized carbons (Fsp3) is 0.467. The number of carbonyl (C=O) groups excluding carboxylic acids is 2. The monoisotopic (exact) mass is 344 g/mol. The van der Waals surface area contributed by atoms with Gasteiger partial charge in [-0.3, -0.25) is 9.59 Å². The van der Waals surface area contributed by atoms with Crippen molar-refractivity contribution in [3.63, 3.8) is 0 Å². The van der Waals surface area contributed by atoms with Crippen LogP contribution in [0.15, 0.2) is 18.2 Å². The van der Waals surface area contributed by atoms with Gasteiger partial charge in [-0.25, -0.2) is 0 Å². The van der Waals surface area contributed by atoms with E-state index >= 15 is 0 Å². The van der Waals surface area contributed by atoms with Crippen molar-refractivity contribution in [2.24, 2.45) is 5.41 Å². The van der Waals surface area contributed by atoms with Crippen molar-refractivity contribution in [1.29, 1.82) is 0 Å². The van der Waals surface area contributed by atoms with Crippen LogP contribution in [-0.2, 0) is 14.3 Å². The molecule has 0 aliphatic carbocycles. The Kier molecular flexibility index (Phi) is 5.32. The number of rotatable bonds is 3. The van der Waals surface area contributed by atoms with Gasteiger partial charge in [0.15, 0.2) is 0 Å². The molecule has 0 bridgehead atoms. The van der Waals surface area contributed by atoms with Crippen molar-refractivity contribution in [1.82, 2.24) is 4.90 Å². The molecule has 2 rings (SSSR count). The Morgan fingerprint density at radius 3 is 2.50 bits per heavy atom. The summed E-state index contributed by atoms with van der Waals surface area (Å²) < 4.78 is 5.22. The van der Waals surface area contributed by atoms with Crippen molar-refractivity contribution in [3.05, 3.63) is 28.2 Å². The number of halogens is 2. The Morgan fingerprint density at radius 2 is 1.86 bits per heavy atom. The molecule has 5 nitrogen and oxygen atoms in total. The Bertz CT molecular complexity index is 584. The highest BCUT2D eigenvalue weighted by Gasteiger charge is 2.39. The Labute approximate surface area is 139 Å². The fourth-order valence-corrected chi connectivity index (χ4v) is 2.49. The third-order valence-electron chi connectivity index (χ3n) is 3.60. The van der Waals surface area contributed by atoms with Gasteiger partial charge in [0.25, 0.3) is 0 Å². The molecule has 0 unspecified atom stereocenters. The van der Waals surface area contributed by atoms with Gasteiger partial charge in [0.1, 0.15) is 5.41 Å². The van der Waals surface area contributed by atoms with Gasteiger partial charge in [-0.1, -0.05) is 29.3 Å². The van der Waals surface area contributed by atoms with Crippen LogP contribution < -0.4 is 5.32 Å². The molecule has 0 spiro atoms. The highest BCUT2D eigenvalue weighted by Crippen LogP contribution is 2.31. The van der Waals surface area contributed by atoms with E-state index in [1.807, 2.05) is 0 Å². The van der Waals surface area contributed by atoms with E-state index < -0.39 is 11.3 Å². The van der Waals surface area contributed by atoms with Crippen LogP contribution in [-0.4, -0.2) is 43.0 Å². The zero-order chi connectivity index (χ0) is 16.3. The average molecular weight is 345 g/mol. The fourth-order valence-electron chi connectivity index (χ4n) is 2.14. The molecule has 1 aromatic carbocycles. The first kappa shape index (κ1) is 17.1. The summed E-state index contributed by atoms with van der Waals surface area (Å²) in [6, 6.07) is 4.95. The standard InChI is InChI=1S/C15H18Cl2N2O3/c1-15(2,14(21)19-6-8-22-9-7-19)13(20)18-11-5-3-4-10(16)12(11)17/h3-5H,6-9H2,1-2H3,(H,18,20). The number of morpholine rings is 1. The maximum Gasteiger partial charge on any atom is 0.239 e. The average Bonchev–Trinajstić information content (AvgIpc) is 2.51. The minimum absolute atomic E-state index is 0.230. The van der Waals surface area contributed by atoms with Crippen LogP contribution in [0.4, 0.5) is 5.69 Å². The van der Waals surface area contributed by atoms with E-state index in [0.29, 0.717) is 37.0 Å². The molecule has 1 aliphatic heterocycles. The second-order valence-corrected chi connectivity index (χ2v) is 6.37. The summed E-state index contributed by atoms with van der Waals surface area (Å²) in [6.07, 6.45) is 0. The first-order valence-electron chi connectivity index (χ1n) is 6.96. The van der Waals surface area contributed by atoms with E-state index in [2.05, 4.69) is 5.32 Å². The second kappa shape index (κ2) is 6.86. The quantitative estimate of drug-likeness (QED) is 0.857. The summed E-state index contributed by atoms with van der Waals surface area (Å²) in [5.41, 5.74) is -0.815. The minimum atomic E-state index is -1.21. The van der Waals surface area contributed by atoms with Crippen LogP contribution in [0.1, 0.15) is 13.8 Å². The van der Waals surface area contributed by atoms with Gasteiger partial charge in [-0.15, -0.1) is 0 Å². The molecular weight excluding hydrogens is 327 g/mol. The van der Waals surface area contributed by atoms with Crippen LogP contribution in [0, 0.1) is 5.41 Å².